The fourth-order valence-electron chi connectivity index (χ4n) is 5.64. The lowest BCUT2D eigenvalue weighted by Crippen LogP contribution is -2.44. The number of benzene rings is 2. The molecule has 0 radical (unpaired) electrons. The summed E-state index contributed by atoms with van der Waals surface area (Å²) >= 11 is 10.1. The second kappa shape index (κ2) is 16.6. The lowest BCUT2D eigenvalue weighted by molar-refractivity contribution is -0.127. The summed E-state index contributed by atoms with van der Waals surface area (Å²) in [6.07, 6.45) is 0. The van der Waals surface area contributed by atoms with Gasteiger partial charge in [0.15, 0.2) is 5.82 Å². The summed E-state index contributed by atoms with van der Waals surface area (Å²) in [7, 11) is 4.23. The van der Waals surface area contributed by atoms with Gasteiger partial charge < -0.3 is 29.7 Å². The van der Waals surface area contributed by atoms with E-state index in [4.69, 9.17) is 4.74 Å². The van der Waals surface area contributed by atoms with Crippen molar-refractivity contribution in [1.82, 2.24) is 19.6 Å². The molecule has 16 heteroatoms. The standard InChI is InChI=1S/C34H41N7O4S.C2Cl2O2/c1-34(2,3)45-33(44)28-22-27-29(35-30(42)23-6-10-25(11-7-23)39-18-14-37(4)15-19-39)36-41(32(27)46-28)31(43)24-8-12-26(13-9-24)40-20-16-38(5)17-21-40;3-1(5)2(4)6/h6-13,22H,14-21H2,1-5H3,(H,35,36,42);. The number of likely N-dealkylation sites (N-methyl/N-ethyl adjacent to an activating group) is 2. The molecular formula is C36H41Cl2N7O6S. The number of anilines is 3. The summed E-state index contributed by atoms with van der Waals surface area (Å²) < 4.78 is 6.87. The SMILES string of the molecule is CN1CCN(c2ccc(C(=O)Nc3nn(C(=O)c4ccc(N5CCN(C)CC5)cc4)c4sc(C(=O)OC(C)(C)C)cc34)cc2)CC1.O=C(Cl)C(=O)Cl. The first-order valence-corrected chi connectivity index (χ1v) is 18.2. The van der Waals surface area contributed by atoms with Crippen molar-refractivity contribution in [1.29, 1.82) is 0 Å². The van der Waals surface area contributed by atoms with Gasteiger partial charge in [-0.15, -0.1) is 16.4 Å². The zero-order valence-corrected chi connectivity index (χ0v) is 32.0. The Labute approximate surface area is 316 Å². The van der Waals surface area contributed by atoms with E-state index in [-0.39, 0.29) is 17.6 Å². The average Bonchev–Trinajstić information content (AvgIpc) is 3.69. The Bertz CT molecular complexity index is 1930. The topological polar surface area (TPSA) is 137 Å². The second-order valence-electron chi connectivity index (χ2n) is 13.6. The van der Waals surface area contributed by atoms with Gasteiger partial charge in [0.05, 0.1) is 5.39 Å². The molecule has 1 amide bonds. The maximum absolute atomic E-state index is 13.8. The van der Waals surface area contributed by atoms with Gasteiger partial charge in [0, 0.05) is 74.9 Å². The van der Waals surface area contributed by atoms with Gasteiger partial charge in [0.1, 0.15) is 15.3 Å². The molecule has 2 fully saturated rings. The number of nitrogens with zero attached hydrogens (tertiary/aromatic N) is 6. The van der Waals surface area contributed by atoms with Crippen LogP contribution >= 0.6 is 34.5 Å². The van der Waals surface area contributed by atoms with Crippen LogP contribution in [0.1, 0.15) is 51.2 Å². The van der Waals surface area contributed by atoms with Crippen molar-refractivity contribution in [2.75, 3.05) is 81.6 Å². The fraction of sp³-hybridized carbons (Fsp3) is 0.389. The van der Waals surface area contributed by atoms with Crippen LogP contribution in [0.5, 0.6) is 0 Å². The Kier molecular flexibility index (Phi) is 12.4. The molecule has 0 aliphatic carbocycles. The first-order valence-electron chi connectivity index (χ1n) is 16.7. The Balaban J connectivity index is 0.000000803. The monoisotopic (exact) mass is 769 g/mol. The van der Waals surface area contributed by atoms with Gasteiger partial charge in [0.25, 0.3) is 11.8 Å². The zero-order valence-electron chi connectivity index (χ0n) is 29.6. The van der Waals surface area contributed by atoms with E-state index in [1.54, 1.807) is 51.1 Å². The van der Waals surface area contributed by atoms with E-state index in [1.165, 1.54) is 4.68 Å². The minimum absolute atomic E-state index is 0.205. The van der Waals surface area contributed by atoms with Gasteiger partial charge in [0.2, 0.25) is 0 Å². The molecule has 2 aliphatic heterocycles. The highest BCUT2D eigenvalue weighted by atomic mass is 35.5. The quantitative estimate of drug-likeness (QED) is 0.154. The molecule has 2 aromatic heterocycles. The summed E-state index contributed by atoms with van der Waals surface area (Å²) in [6, 6.07) is 16.6. The second-order valence-corrected chi connectivity index (χ2v) is 15.3. The number of carbonyl (C=O) groups is 5. The van der Waals surface area contributed by atoms with E-state index in [9.17, 15) is 24.0 Å². The number of hydrogen-bond donors (Lipinski definition) is 1. The highest BCUT2D eigenvalue weighted by Gasteiger charge is 2.26. The van der Waals surface area contributed by atoms with Gasteiger partial charge in [-0.05, 0) is 113 Å². The van der Waals surface area contributed by atoms with Gasteiger partial charge in [-0.2, -0.15) is 4.68 Å². The number of amides is 1. The van der Waals surface area contributed by atoms with E-state index < -0.39 is 22.1 Å². The number of carbonyl (C=O) groups excluding carboxylic acids is 5. The molecule has 0 bridgehead atoms. The molecule has 1 N–H and O–H groups in total. The molecule has 0 spiro atoms. The van der Waals surface area contributed by atoms with Crippen molar-refractivity contribution in [3.63, 3.8) is 0 Å². The Hall–Kier alpha value is -4.34. The van der Waals surface area contributed by atoms with Crippen LogP contribution in [-0.2, 0) is 14.3 Å². The van der Waals surface area contributed by atoms with Crippen LogP contribution in [0, 0.1) is 0 Å². The lowest BCUT2D eigenvalue weighted by atomic mass is 10.1. The summed E-state index contributed by atoms with van der Waals surface area (Å²) in [5, 5.41) is 5.65. The highest BCUT2D eigenvalue weighted by molar-refractivity contribution is 7.20. The minimum atomic E-state index is -1.14. The molecule has 2 saturated heterocycles. The Morgan fingerprint density at radius 3 is 1.63 bits per heavy atom. The van der Waals surface area contributed by atoms with E-state index >= 15 is 0 Å². The van der Waals surface area contributed by atoms with Crippen molar-refractivity contribution in [2.24, 2.45) is 0 Å². The fourth-order valence-corrected chi connectivity index (χ4v) is 6.62. The predicted molar refractivity (Wildman–Crippen MR) is 204 cm³/mol. The van der Waals surface area contributed by atoms with Gasteiger partial charge in [-0.25, -0.2) is 4.79 Å². The number of fused-ring (bicyclic) bond motifs is 1. The molecule has 4 aromatic rings. The molecule has 6 rings (SSSR count). The maximum Gasteiger partial charge on any atom is 0.348 e. The summed E-state index contributed by atoms with van der Waals surface area (Å²) in [5.74, 6) is -1.01. The summed E-state index contributed by atoms with van der Waals surface area (Å²) in [5.41, 5.74) is 2.36. The van der Waals surface area contributed by atoms with Crippen molar-refractivity contribution in [2.45, 2.75) is 26.4 Å². The molecule has 2 aliphatic rings. The largest absolute Gasteiger partial charge is 0.456 e. The number of nitrogens with one attached hydrogen (secondary N) is 1. The number of piperazine rings is 2. The zero-order chi connectivity index (χ0) is 37.7. The van der Waals surface area contributed by atoms with Crippen LogP contribution in [0.3, 0.4) is 0 Å². The number of halogens is 2. The summed E-state index contributed by atoms with van der Waals surface area (Å²) in [4.78, 5) is 69.1. The van der Waals surface area contributed by atoms with Crippen molar-refractivity contribution >= 4 is 90.2 Å². The van der Waals surface area contributed by atoms with Gasteiger partial charge in [-0.1, -0.05) is 0 Å². The molecular weight excluding hydrogens is 729 g/mol. The third kappa shape index (κ3) is 9.75. The minimum Gasteiger partial charge on any atom is -0.456 e. The number of ether oxygens (including phenoxy) is 1. The van der Waals surface area contributed by atoms with Crippen molar-refractivity contribution in [3.05, 3.63) is 70.6 Å². The van der Waals surface area contributed by atoms with Crippen molar-refractivity contribution in [3.8, 4) is 0 Å². The predicted octanol–water partition coefficient (Wildman–Crippen LogP) is 5.01. The normalized spacial score (nSPS) is 15.5. The number of hydrogen-bond acceptors (Lipinski definition) is 12. The average molecular weight is 771 g/mol. The number of rotatable bonds is 7. The van der Waals surface area contributed by atoms with E-state index in [0.717, 1.165) is 75.1 Å². The van der Waals surface area contributed by atoms with E-state index in [2.05, 4.69) is 67.3 Å². The van der Waals surface area contributed by atoms with Gasteiger partial charge in [-0.3, -0.25) is 19.2 Å². The third-order valence-corrected chi connectivity index (χ3v) is 10.1. The van der Waals surface area contributed by atoms with Crippen LogP contribution in [0.25, 0.3) is 10.2 Å². The molecule has 2 aromatic carbocycles. The number of esters is 1. The smallest absolute Gasteiger partial charge is 0.348 e. The molecule has 276 valence electrons. The molecule has 52 heavy (non-hydrogen) atoms. The van der Waals surface area contributed by atoms with Crippen LogP contribution < -0.4 is 15.1 Å². The van der Waals surface area contributed by atoms with E-state index in [1.807, 2.05) is 24.3 Å². The van der Waals surface area contributed by atoms with Gasteiger partial charge >= 0.3 is 16.5 Å². The van der Waals surface area contributed by atoms with Crippen LogP contribution in [0.15, 0.2) is 54.6 Å². The lowest BCUT2D eigenvalue weighted by Gasteiger charge is -2.34. The first kappa shape index (κ1) is 38.9. The maximum atomic E-state index is 13.8. The highest BCUT2D eigenvalue weighted by Crippen LogP contribution is 2.34. The molecule has 0 saturated carbocycles. The summed E-state index contributed by atoms with van der Waals surface area (Å²) in [6.45, 7) is 13.1. The molecule has 0 unspecified atom stereocenters. The van der Waals surface area contributed by atoms with E-state index in [0.29, 0.717) is 26.2 Å². The van der Waals surface area contributed by atoms with Crippen LogP contribution in [-0.4, -0.2) is 120 Å². The number of thiophene rings is 1. The van der Waals surface area contributed by atoms with Crippen LogP contribution in [0.2, 0.25) is 0 Å². The Morgan fingerprint density at radius 1 is 0.731 bits per heavy atom. The number of aromatic nitrogens is 2. The first-order chi connectivity index (χ1) is 24.6. The Morgan fingerprint density at radius 2 is 1.19 bits per heavy atom. The molecule has 0 atom stereocenters. The van der Waals surface area contributed by atoms with Crippen molar-refractivity contribution < 1.29 is 28.7 Å². The van der Waals surface area contributed by atoms with Crippen LogP contribution in [0.4, 0.5) is 17.2 Å². The third-order valence-electron chi connectivity index (χ3n) is 8.52. The molecule has 13 nitrogen and oxygen atoms in total. The molecule has 4 heterocycles.